The molecule has 0 bridgehead atoms. The highest BCUT2D eigenvalue weighted by atomic mass is 32.1. The lowest BCUT2D eigenvalue weighted by Gasteiger charge is -2.21. The van der Waals surface area contributed by atoms with Crippen molar-refractivity contribution in [3.63, 3.8) is 0 Å². The number of allylic oxidation sites excluding steroid dienone is 2. The lowest BCUT2D eigenvalue weighted by atomic mass is 10.1. The van der Waals surface area contributed by atoms with E-state index >= 15 is 0 Å². The van der Waals surface area contributed by atoms with E-state index in [0.29, 0.717) is 0 Å². The second-order valence-electron chi connectivity index (χ2n) is 4.99. The SMILES string of the molecule is C=CC=C.Cc1cc2c(s1)CN(C)CC2.Cc1cccs1. The molecule has 1 aliphatic heterocycles. The standard InChI is InChI=1S/C9H13NS.C5H6S.C4H6/c1-7-5-8-3-4-10(2)6-9(8)11-7;1-5-3-2-4-6-5;1-3-4-2/h5H,3-4,6H2,1-2H3;2-4H,1H3;3-4H,1-2H2. The molecule has 3 rings (SSSR count). The lowest BCUT2D eigenvalue weighted by Crippen LogP contribution is -2.24. The number of rotatable bonds is 1. The first-order chi connectivity index (χ1) is 10.1. The predicted octanol–water partition coefficient (Wildman–Crippen LogP) is 5.46. The van der Waals surface area contributed by atoms with Gasteiger partial charge in [0.15, 0.2) is 0 Å². The molecule has 0 aliphatic carbocycles. The van der Waals surface area contributed by atoms with E-state index in [4.69, 9.17) is 0 Å². The Hall–Kier alpha value is -1.16. The third kappa shape index (κ3) is 6.89. The Bertz CT molecular complexity index is 532. The Morgan fingerprint density at radius 2 is 1.90 bits per heavy atom. The van der Waals surface area contributed by atoms with Crippen LogP contribution in [0.5, 0.6) is 0 Å². The van der Waals surface area contributed by atoms with Gasteiger partial charge in [-0.3, -0.25) is 0 Å². The topological polar surface area (TPSA) is 3.24 Å². The summed E-state index contributed by atoms with van der Waals surface area (Å²) in [5.74, 6) is 0. The fourth-order valence-corrected chi connectivity index (χ4v) is 3.65. The number of nitrogens with zero attached hydrogens (tertiary/aromatic N) is 1. The van der Waals surface area contributed by atoms with Crippen molar-refractivity contribution in [2.45, 2.75) is 26.8 Å². The molecule has 0 radical (unpaired) electrons. The van der Waals surface area contributed by atoms with Crippen LogP contribution in [-0.2, 0) is 13.0 Å². The highest BCUT2D eigenvalue weighted by Gasteiger charge is 2.14. The van der Waals surface area contributed by atoms with Crippen LogP contribution in [0, 0.1) is 13.8 Å². The van der Waals surface area contributed by atoms with Crippen LogP contribution in [0.15, 0.2) is 48.9 Å². The Kier molecular flexibility index (Phi) is 8.28. The maximum atomic E-state index is 3.36. The first-order valence-electron chi connectivity index (χ1n) is 7.07. The molecule has 0 amide bonds. The minimum Gasteiger partial charge on any atom is -0.301 e. The van der Waals surface area contributed by atoms with Gasteiger partial charge in [0, 0.05) is 27.7 Å². The van der Waals surface area contributed by atoms with E-state index in [0.717, 1.165) is 6.54 Å². The summed E-state index contributed by atoms with van der Waals surface area (Å²) in [5.41, 5.74) is 1.59. The minimum atomic E-state index is 1.16. The molecular weight excluding hydrogens is 294 g/mol. The molecule has 2 aromatic rings. The van der Waals surface area contributed by atoms with E-state index in [1.807, 2.05) is 11.3 Å². The van der Waals surface area contributed by atoms with Crippen molar-refractivity contribution in [2.24, 2.45) is 0 Å². The second kappa shape index (κ2) is 9.72. The summed E-state index contributed by atoms with van der Waals surface area (Å²) in [6, 6.07) is 6.50. The van der Waals surface area contributed by atoms with Crippen LogP contribution in [0.2, 0.25) is 0 Å². The third-order valence-corrected chi connectivity index (χ3v) is 4.90. The molecular formula is C18H25NS2. The van der Waals surface area contributed by atoms with Crippen LogP contribution in [-0.4, -0.2) is 18.5 Å². The average Bonchev–Trinajstić information content (AvgIpc) is 3.07. The van der Waals surface area contributed by atoms with Gasteiger partial charge in [-0.15, -0.1) is 22.7 Å². The molecule has 114 valence electrons. The fourth-order valence-electron chi connectivity index (χ4n) is 1.96. The van der Waals surface area contributed by atoms with Crippen LogP contribution >= 0.6 is 22.7 Å². The van der Waals surface area contributed by atoms with E-state index in [2.05, 4.69) is 62.5 Å². The molecule has 21 heavy (non-hydrogen) atoms. The normalized spacial score (nSPS) is 13.1. The number of aryl methyl sites for hydroxylation is 2. The average molecular weight is 320 g/mol. The number of hydrogen-bond acceptors (Lipinski definition) is 3. The van der Waals surface area contributed by atoms with Crippen molar-refractivity contribution in [2.75, 3.05) is 13.6 Å². The van der Waals surface area contributed by atoms with Gasteiger partial charge in [0.05, 0.1) is 0 Å². The maximum Gasteiger partial charge on any atom is 0.0327 e. The van der Waals surface area contributed by atoms with Crippen molar-refractivity contribution in [3.05, 3.63) is 69.1 Å². The van der Waals surface area contributed by atoms with E-state index in [9.17, 15) is 0 Å². The van der Waals surface area contributed by atoms with Crippen LogP contribution in [0.1, 0.15) is 20.2 Å². The van der Waals surface area contributed by atoms with Crippen molar-refractivity contribution < 1.29 is 0 Å². The van der Waals surface area contributed by atoms with Gasteiger partial charge in [0.2, 0.25) is 0 Å². The summed E-state index contributed by atoms with van der Waals surface area (Å²) < 4.78 is 0. The zero-order valence-corrected chi connectivity index (χ0v) is 14.9. The van der Waals surface area contributed by atoms with Crippen molar-refractivity contribution >= 4 is 22.7 Å². The van der Waals surface area contributed by atoms with Gasteiger partial charge in [-0.2, -0.15) is 0 Å². The van der Waals surface area contributed by atoms with Crippen molar-refractivity contribution in [1.29, 1.82) is 0 Å². The first kappa shape index (κ1) is 17.9. The smallest absolute Gasteiger partial charge is 0.0327 e. The summed E-state index contributed by atoms with van der Waals surface area (Å²) in [5, 5.41) is 2.08. The Balaban J connectivity index is 0.000000187. The van der Waals surface area contributed by atoms with Gasteiger partial charge in [-0.1, -0.05) is 31.4 Å². The molecule has 0 atom stereocenters. The van der Waals surface area contributed by atoms with E-state index < -0.39 is 0 Å². The summed E-state index contributed by atoms with van der Waals surface area (Å²) in [4.78, 5) is 6.81. The van der Waals surface area contributed by atoms with Crippen molar-refractivity contribution in [1.82, 2.24) is 4.90 Å². The van der Waals surface area contributed by atoms with E-state index in [1.54, 1.807) is 33.9 Å². The summed E-state index contributed by atoms with van der Waals surface area (Å²) >= 11 is 3.73. The molecule has 2 aromatic heterocycles. The molecule has 3 heterocycles. The van der Waals surface area contributed by atoms with Gasteiger partial charge in [0.25, 0.3) is 0 Å². The molecule has 0 spiro atoms. The molecule has 0 saturated heterocycles. The third-order valence-electron chi connectivity index (χ3n) is 3.03. The monoisotopic (exact) mass is 319 g/mol. The van der Waals surface area contributed by atoms with Crippen LogP contribution < -0.4 is 0 Å². The molecule has 0 N–H and O–H groups in total. The maximum absolute atomic E-state index is 3.36. The number of fused-ring (bicyclic) bond motifs is 1. The molecule has 0 fully saturated rings. The summed E-state index contributed by atoms with van der Waals surface area (Å²) in [6.45, 7) is 13.4. The molecule has 0 aromatic carbocycles. The van der Waals surface area contributed by atoms with Gasteiger partial charge in [0.1, 0.15) is 0 Å². The summed E-state index contributed by atoms with van der Waals surface area (Å²) in [6.07, 6.45) is 4.52. The fraction of sp³-hybridized carbons (Fsp3) is 0.333. The molecule has 0 unspecified atom stereocenters. The first-order valence-corrected chi connectivity index (χ1v) is 8.76. The number of likely N-dealkylation sites (N-methyl/N-ethyl adjacent to an activating group) is 1. The number of thiophene rings is 2. The zero-order chi connectivity index (χ0) is 15.7. The minimum absolute atomic E-state index is 1.16. The highest BCUT2D eigenvalue weighted by molar-refractivity contribution is 7.12. The predicted molar refractivity (Wildman–Crippen MR) is 98.5 cm³/mol. The van der Waals surface area contributed by atoms with Gasteiger partial charge in [-0.25, -0.2) is 0 Å². The Morgan fingerprint density at radius 1 is 1.19 bits per heavy atom. The quantitative estimate of drug-likeness (QED) is 0.631. The molecule has 1 aliphatic rings. The second-order valence-corrected chi connectivity index (χ2v) is 7.48. The number of hydrogen-bond donors (Lipinski definition) is 0. The van der Waals surface area contributed by atoms with Gasteiger partial charge < -0.3 is 4.90 Å². The largest absolute Gasteiger partial charge is 0.301 e. The lowest BCUT2D eigenvalue weighted by molar-refractivity contribution is 0.317. The summed E-state index contributed by atoms with van der Waals surface area (Å²) in [7, 11) is 2.19. The van der Waals surface area contributed by atoms with Crippen LogP contribution in [0.25, 0.3) is 0 Å². The van der Waals surface area contributed by atoms with E-state index in [-0.39, 0.29) is 0 Å². The zero-order valence-electron chi connectivity index (χ0n) is 13.3. The van der Waals surface area contributed by atoms with Crippen LogP contribution in [0.4, 0.5) is 0 Å². The Labute approximate surface area is 137 Å². The van der Waals surface area contributed by atoms with Gasteiger partial charge >= 0.3 is 0 Å². The van der Waals surface area contributed by atoms with Crippen molar-refractivity contribution in [3.8, 4) is 0 Å². The van der Waals surface area contributed by atoms with E-state index in [1.165, 1.54) is 22.7 Å². The van der Waals surface area contributed by atoms with Crippen LogP contribution in [0.3, 0.4) is 0 Å². The molecule has 1 nitrogen and oxygen atoms in total. The molecule has 3 heteroatoms. The van der Waals surface area contributed by atoms with Gasteiger partial charge in [-0.05, 0) is 50.4 Å². The Morgan fingerprint density at radius 3 is 2.38 bits per heavy atom. The highest BCUT2D eigenvalue weighted by Crippen LogP contribution is 2.26. The molecule has 0 saturated carbocycles.